The van der Waals surface area contributed by atoms with Crippen molar-refractivity contribution >= 4 is 23.2 Å². The molecule has 128 valence electrons. The molecule has 4 nitrogen and oxygen atoms in total. The van der Waals surface area contributed by atoms with Crippen LogP contribution in [0.15, 0.2) is 41.8 Å². The second kappa shape index (κ2) is 8.06. The van der Waals surface area contributed by atoms with Crippen molar-refractivity contribution in [2.75, 3.05) is 0 Å². The number of rotatable bonds is 6. The molecule has 0 fully saturated rings. The number of benzene rings is 1. The molecule has 2 unspecified atom stereocenters. The van der Waals surface area contributed by atoms with E-state index in [1.165, 1.54) is 18.2 Å². The first-order valence-electron chi connectivity index (χ1n) is 7.79. The molecule has 0 aliphatic heterocycles. The molecular formula is C18H21FN2O2S. The first-order valence-corrected chi connectivity index (χ1v) is 8.67. The van der Waals surface area contributed by atoms with Crippen molar-refractivity contribution in [3.63, 3.8) is 0 Å². The Bertz CT molecular complexity index is 701. The minimum atomic E-state index is -0.737. The summed E-state index contributed by atoms with van der Waals surface area (Å²) >= 11 is 1.55. The van der Waals surface area contributed by atoms with Crippen molar-refractivity contribution in [3.05, 3.63) is 58.0 Å². The van der Waals surface area contributed by atoms with Crippen LogP contribution in [0.5, 0.6) is 0 Å². The molecular weight excluding hydrogens is 327 g/mol. The van der Waals surface area contributed by atoms with Crippen molar-refractivity contribution in [2.24, 2.45) is 5.92 Å². The van der Waals surface area contributed by atoms with Crippen molar-refractivity contribution in [1.29, 1.82) is 0 Å². The summed E-state index contributed by atoms with van der Waals surface area (Å²) in [5.41, 5.74) is -0.0674. The lowest BCUT2D eigenvalue weighted by Gasteiger charge is -2.24. The zero-order valence-corrected chi connectivity index (χ0v) is 14.7. The van der Waals surface area contributed by atoms with Crippen LogP contribution in [0.1, 0.15) is 42.0 Å². The highest BCUT2D eigenvalue weighted by molar-refractivity contribution is 7.10. The molecule has 2 N–H and O–H groups in total. The zero-order valence-electron chi connectivity index (χ0n) is 13.9. The molecule has 2 atom stereocenters. The second-order valence-electron chi connectivity index (χ2n) is 5.92. The average molecular weight is 348 g/mol. The molecule has 0 aliphatic rings. The Morgan fingerprint density at radius 3 is 2.33 bits per heavy atom. The lowest BCUT2D eigenvalue weighted by Crippen LogP contribution is -2.50. The predicted molar refractivity (Wildman–Crippen MR) is 93.4 cm³/mol. The van der Waals surface area contributed by atoms with E-state index in [4.69, 9.17) is 0 Å². The summed E-state index contributed by atoms with van der Waals surface area (Å²) in [5.74, 6) is -1.61. The molecule has 2 aromatic rings. The number of hydrogen-bond donors (Lipinski definition) is 2. The quantitative estimate of drug-likeness (QED) is 0.839. The molecule has 1 aromatic heterocycles. The Hall–Kier alpha value is -2.21. The molecule has 0 radical (unpaired) electrons. The van der Waals surface area contributed by atoms with E-state index in [1.54, 1.807) is 17.4 Å². The third-order valence-electron chi connectivity index (χ3n) is 3.68. The standard InChI is InChI=1S/C18H21FN2O2S/c1-11(2)16(18(23)20-12(3)15-9-6-10-24-15)21-17(22)13-7-4-5-8-14(13)19/h4-12,16H,1-3H3,(H,20,23)(H,21,22). The van der Waals surface area contributed by atoms with E-state index in [1.807, 2.05) is 38.3 Å². The molecule has 1 aromatic carbocycles. The number of carbonyl (C=O) groups is 2. The van der Waals surface area contributed by atoms with Gasteiger partial charge in [0.05, 0.1) is 11.6 Å². The van der Waals surface area contributed by atoms with Crippen molar-refractivity contribution in [2.45, 2.75) is 32.9 Å². The summed E-state index contributed by atoms with van der Waals surface area (Å²) < 4.78 is 13.7. The molecule has 0 bridgehead atoms. The largest absolute Gasteiger partial charge is 0.347 e. The fourth-order valence-corrected chi connectivity index (χ4v) is 3.05. The highest BCUT2D eigenvalue weighted by Gasteiger charge is 2.26. The molecule has 0 spiro atoms. The number of nitrogens with one attached hydrogen (secondary N) is 2. The van der Waals surface area contributed by atoms with E-state index in [-0.39, 0.29) is 23.4 Å². The summed E-state index contributed by atoms with van der Waals surface area (Å²) in [6.45, 7) is 5.56. The van der Waals surface area contributed by atoms with Crippen LogP contribution in [-0.2, 0) is 4.79 Å². The van der Waals surface area contributed by atoms with E-state index >= 15 is 0 Å². The fraction of sp³-hybridized carbons (Fsp3) is 0.333. The van der Waals surface area contributed by atoms with Crippen LogP contribution >= 0.6 is 11.3 Å². The van der Waals surface area contributed by atoms with Gasteiger partial charge in [-0.15, -0.1) is 11.3 Å². The smallest absolute Gasteiger partial charge is 0.254 e. The highest BCUT2D eigenvalue weighted by Crippen LogP contribution is 2.18. The van der Waals surface area contributed by atoms with Gasteiger partial charge in [0, 0.05) is 4.88 Å². The second-order valence-corrected chi connectivity index (χ2v) is 6.90. The van der Waals surface area contributed by atoms with Crippen molar-refractivity contribution < 1.29 is 14.0 Å². The van der Waals surface area contributed by atoms with Crippen LogP contribution in [0, 0.1) is 11.7 Å². The fourth-order valence-electron chi connectivity index (χ4n) is 2.31. The maximum Gasteiger partial charge on any atom is 0.254 e. The predicted octanol–water partition coefficient (Wildman–Crippen LogP) is 3.52. The molecule has 0 saturated carbocycles. The topological polar surface area (TPSA) is 58.2 Å². The van der Waals surface area contributed by atoms with Crippen LogP contribution in [-0.4, -0.2) is 17.9 Å². The Kier molecular flexibility index (Phi) is 6.09. The monoisotopic (exact) mass is 348 g/mol. The van der Waals surface area contributed by atoms with Gasteiger partial charge in [0.15, 0.2) is 0 Å². The molecule has 6 heteroatoms. The first kappa shape index (κ1) is 18.1. The van der Waals surface area contributed by atoms with E-state index in [9.17, 15) is 14.0 Å². The SMILES string of the molecule is CC(NC(=O)C(NC(=O)c1ccccc1F)C(C)C)c1cccs1. The van der Waals surface area contributed by atoms with Gasteiger partial charge in [0.1, 0.15) is 11.9 Å². The van der Waals surface area contributed by atoms with Gasteiger partial charge in [0.2, 0.25) is 5.91 Å². The van der Waals surface area contributed by atoms with Crippen molar-refractivity contribution in [1.82, 2.24) is 10.6 Å². The summed E-state index contributed by atoms with van der Waals surface area (Å²) in [4.78, 5) is 25.8. The maximum atomic E-state index is 13.7. The third-order valence-corrected chi connectivity index (χ3v) is 4.74. The van der Waals surface area contributed by atoms with Gasteiger partial charge in [-0.1, -0.05) is 32.0 Å². The summed E-state index contributed by atoms with van der Waals surface area (Å²) in [6, 6.07) is 8.69. The van der Waals surface area contributed by atoms with Crippen LogP contribution in [0.25, 0.3) is 0 Å². The minimum Gasteiger partial charge on any atom is -0.347 e. The van der Waals surface area contributed by atoms with Gasteiger partial charge in [0.25, 0.3) is 5.91 Å². The molecule has 2 rings (SSSR count). The number of hydrogen-bond acceptors (Lipinski definition) is 3. The van der Waals surface area contributed by atoms with Gasteiger partial charge in [-0.2, -0.15) is 0 Å². The normalized spacial score (nSPS) is 13.4. The molecule has 2 amide bonds. The van der Waals surface area contributed by atoms with E-state index in [0.717, 1.165) is 4.88 Å². The van der Waals surface area contributed by atoms with E-state index in [2.05, 4.69) is 10.6 Å². The van der Waals surface area contributed by atoms with Gasteiger partial charge in [-0.3, -0.25) is 9.59 Å². The lowest BCUT2D eigenvalue weighted by atomic mass is 10.0. The van der Waals surface area contributed by atoms with E-state index in [0.29, 0.717) is 0 Å². The lowest BCUT2D eigenvalue weighted by molar-refractivity contribution is -0.124. The Balaban J connectivity index is 2.07. The summed E-state index contributed by atoms with van der Waals surface area (Å²) in [5, 5.41) is 7.48. The van der Waals surface area contributed by atoms with Crippen LogP contribution in [0.3, 0.4) is 0 Å². The Morgan fingerprint density at radius 2 is 1.75 bits per heavy atom. The van der Waals surface area contributed by atoms with E-state index < -0.39 is 17.8 Å². The molecule has 0 aliphatic carbocycles. The summed E-state index contributed by atoms with van der Waals surface area (Å²) in [7, 11) is 0. The Labute approximate surface area is 145 Å². The van der Waals surface area contributed by atoms with Gasteiger partial charge in [-0.25, -0.2) is 4.39 Å². The Morgan fingerprint density at radius 1 is 1.04 bits per heavy atom. The number of thiophene rings is 1. The van der Waals surface area contributed by atoms with Crippen LogP contribution in [0.4, 0.5) is 4.39 Å². The number of halogens is 1. The van der Waals surface area contributed by atoms with Gasteiger partial charge >= 0.3 is 0 Å². The maximum absolute atomic E-state index is 13.7. The minimum absolute atomic E-state index is 0.0674. The van der Waals surface area contributed by atoms with Crippen LogP contribution in [0.2, 0.25) is 0 Å². The zero-order chi connectivity index (χ0) is 17.7. The summed E-state index contributed by atoms with van der Waals surface area (Å²) in [6.07, 6.45) is 0. The van der Waals surface area contributed by atoms with Crippen LogP contribution < -0.4 is 10.6 Å². The molecule has 24 heavy (non-hydrogen) atoms. The number of amides is 2. The molecule has 1 heterocycles. The first-order chi connectivity index (χ1) is 11.4. The molecule has 0 saturated heterocycles. The average Bonchev–Trinajstić information content (AvgIpc) is 3.06. The third kappa shape index (κ3) is 4.41. The van der Waals surface area contributed by atoms with Gasteiger partial charge < -0.3 is 10.6 Å². The highest BCUT2D eigenvalue weighted by atomic mass is 32.1. The number of carbonyl (C=O) groups excluding carboxylic acids is 2. The van der Waals surface area contributed by atoms with Crippen molar-refractivity contribution in [3.8, 4) is 0 Å². The van der Waals surface area contributed by atoms with Gasteiger partial charge in [-0.05, 0) is 36.4 Å².